The second-order valence-electron chi connectivity index (χ2n) is 4.91. The molecular weight excluding hydrogens is 327 g/mol. The molecule has 6 heteroatoms. The smallest absolute Gasteiger partial charge is 0.255 e. The van der Waals surface area contributed by atoms with Crippen LogP contribution >= 0.6 is 34.5 Å². The standard InChI is InChI=1S/C15H16Cl2N2OS/c1-9(6-11-4-3-5-21-11)19(2)15(20)12-7-10(18)8-13(16)14(12)17/h3-5,7-9H,6,18H2,1-2H3. The minimum Gasteiger partial charge on any atom is -0.399 e. The molecule has 1 amide bonds. The first-order chi connectivity index (χ1) is 9.90. The number of anilines is 1. The van der Waals surface area contributed by atoms with Crippen molar-refractivity contribution in [2.75, 3.05) is 12.8 Å². The first-order valence-electron chi connectivity index (χ1n) is 6.44. The van der Waals surface area contributed by atoms with Gasteiger partial charge in [-0.3, -0.25) is 4.79 Å². The number of nitrogen functional groups attached to an aromatic ring is 1. The summed E-state index contributed by atoms with van der Waals surface area (Å²) in [5.41, 5.74) is 6.50. The van der Waals surface area contributed by atoms with E-state index >= 15 is 0 Å². The molecule has 1 unspecified atom stereocenters. The third kappa shape index (κ3) is 3.70. The van der Waals surface area contributed by atoms with Crippen LogP contribution in [-0.2, 0) is 6.42 Å². The van der Waals surface area contributed by atoms with E-state index < -0.39 is 0 Å². The zero-order chi connectivity index (χ0) is 15.6. The van der Waals surface area contributed by atoms with Crippen molar-refractivity contribution in [2.24, 2.45) is 0 Å². The van der Waals surface area contributed by atoms with Gasteiger partial charge in [0, 0.05) is 30.1 Å². The molecule has 0 aliphatic rings. The maximum atomic E-state index is 12.6. The maximum Gasteiger partial charge on any atom is 0.255 e. The number of thiophene rings is 1. The second-order valence-corrected chi connectivity index (χ2v) is 6.73. The summed E-state index contributed by atoms with van der Waals surface area (Å²) in [7, 11) is 1.76. The Bertz CT molecular complexity index is 643. The fourth-order valence-corrected chi connectivity index (χ4v) is 3.26. The molecule has 0 aliphatic carbocycles. The van der Waals surface area contributed by atoms with Crippen LogP contribution in [0.5, 0.6) is 0 Å². The average molecular weight is 343 g/mol. The number of hydrogen-bond acceptors (Lipinski definition) is 3. The lowest BCUT2D eigenvalue weighted by molar-refractivity contribution is 0.0744. The van der Waals surface area contributed by atoms with Crippen LogP contribution in [0.25, 0.3) is 0 Å². The van der Waals surface area contributed by atoms with Gasteiger partial charge in [0.1, 0.15) is 0 Å². The summed E-state index contributed by atoms with van der Waals surface area (Å²) in [6, 6.07) is 7.21. The lowest BCUT2D eigenvalue weighted by Gasteiger charge is -2.25. The van der Waals surface area contributed by atoms with Crippen molar-refractivity contribution in [3.8, 4) is 0 Å². The zero-order valence-electron chi connectivity index (χ0n) is 11.8. The van der Waals surface area contributed by atoms with Crippen LogP contribution in [0.15, 0.2) is 29.6 Å². The van der Waals surface area contributed by atoms with Crippen molar-refractivity contribution in [3.63, 3.8) is 0 Å². The lowest BCUT2D eigenvalue weighted by Crippen LogP contribution is -2.36. The van der Waals surface area contributed by atoms with Gasteiger partial charge in [-0.25, -0.2) is 0 Å². The molecule has 2 rings (SSSR count). The van der Waals surface area contributed by atoms with Crippen LogP contribution in [0, 0.1) is 0 Å². The van der Waals surface area contributed by atoms with Crippen molar-refractivity contribution in [1.82, 2.24) is 4.90 Å². The Morgan fingerprint density at radius 2 is 2.14 bits per heavy atom. The van der Waals surface area contributed by atoms with E-state index in [0.29, 0.717) is 16.3 Å². The average Bonchev–Trinajstić information content (AvgIpc) is 2.94. The quantitative estimate of drug-likeness (QED) is 0.840. The number of rotatable bonds is 4. The minimum absolute atomic E-state index is 0.0485. The van der Waals surface area contributed by atoms with Crippen LogP contribution in [-0.4, -0.2) is 23.9 Å². The predicted octanol–water partition coefficient (Wildman–Crippen LogP) is 4.34. The number of nitrogens with two attached hydrogens (primary N) is 1. The van der Waals surface area contributed by atoms with Gasteiger partial charge < -0.3 is 10.6 Å². The number of likely N-dealkylation sites (N-methyl/N-ethyl adjacent to an activating group) is 1. The van der Waals surface area contributed by atoms with Crippen LogP contribution in [0.2, 0.25) is 10.0 Å². The highest BCUT2D eigenvalue weighted by Crippen LogP contribution is 2.30. The number of carbonyl (C=O) groups is 1. The molecule has 0 aliphatic heterocycles. The molecule has 0 radical (unpaired) electrons. The van der Waals surface area contributed by atoms with Crippen molar-refractivity contribution < 1.29 is 4.79 Å². The highest BCUT2D eigenvalue weighted by molar-refractivity contribution is 7.09. The monoisotopic (exact) mass is 342 g/mol. The fraction of sp³-hybridized carbons (Fsp3) is 0.267. The molecule has 2 aromatic rings. The molecule has 1 atom stereocenters. The van der Waals surface area contributed by atoms with E-state index in [1.165, 1.54) is 10.9 Å². The first-order valence-corrected chi connectivity index (χ1v) is 8.07. The number of nitrogens with zero attached hydrogens (tertiary/aromatic N) is 1. The minimum atomic E-state index is -0.182. The molecule has 1 heterocycles. The van der Waals surface area contributed by atoms with Crippen molar-refractivity contribution >= 4 is 46.1 Å². The fourth-order valence-electron chi connectivity index (χ4n) is 2.01. The lowest BCUT2D eigenvalue weighted by atomic mass is 10.1. The molecule has 0 saturated heterocycles. The number of halogens is 2. The topological polar surface area (TPSA) is 46.3 Å². The first kappa shape index (κ1) is 16.1. The number of hydrogen-bond donors (Lipinski definition) is 1. The van der Waals surface area contributed by atoms with E-state index in [4.69, 9.17) is 28.9 Å². The molecular formula is C15H16Cl2N2OS. The van der Waals surface area contributed by atoms with E-state index in [0.717, 1.165) is 6.42 Å². The van der Waals surface area contributed by atoms with Gasteiger partial charge in [0.25, 0.3) is 5.91 Å². The number of carbonyl (C=O) groups excluding carboxylic acids is 1. The van der Waals surface area contributed by atoms with E-state index in [9.17, 15) is 4.79 Å². The number of benzene rings is 1. The second kappa shape index (κ2) is 6.69. The van der Waals surface area contributed by atoms with Gasteiger partial charge in [0.2, 0.25) is 0 Å². The van der Waals surface area contributed by atoms with Crippen molar-refractivity contribution in [2.45, 2.75) is 19.4 Å². The summed E-state index contributed by atoms with van der Waals surface area (Å²) in [6.07, 6.45) is 0.799. The third-order valence-electron chi connectivity index (χ3n) is 3.34. The van der Waals surface area contributed by atoms with Gasteiger partial charge in [0.05, 0.1) is 15.6 Å². The molecule has 0 saturated carbocycles. The van der Waals surface area contributed by atoms with Gasteiger partial charge in [-0.15, -0.1) is 11.3 Å². The Kier molecular flexibility index (Phi) is 5.14. The summed E-state index contributed by atoms with van der Waals surface area (Å²) >= 11 is 13.8. The molecule has 1 aromatic heterocycles. The third-order valence-corrected chi connectivity index (χ3v) is 5.04. The van der Waals surface area contributed by atoms with E-state index in [1.54, 1.807) is 29.4 Å². The summed E-state index contributed by atoms with van der Waals surface area (Å²) in [5.74, 6) is -0.182. The highest BCUT2D eigenvalue weighted by Gasteiger charge is 2.22. The van der Waals surface area contributed by atoms with E-state index in [2.05, 4.69) is 6.07 Å². The normalized spacial score (nSPS) is 12.2. The molecule has 0 fully saturated rings. The Morgan fingerprint density at radius 1 is 1.43 bits per heavy atom. The zero-order valence-corrected chi connectivity index (χ0v) is 14.1. The van der Waals surface area contributed by atoms with Gasteiger partial charge in [-0.05, 0) is 30.5 Å². The Balaban J connectivity index is 2.19. The molecule has 21 heavy (non-hydrogen) atoms. The Hall–Kier alpha value is -1.23. The summed E-state index contributed by atoms with van der Waals surface area (Å²) in [4.78, 5) is 15.5. The summed E-state index contributed by atoms with van der Waals surface area (Å²) in [6.45, 7) is 2.00. The van der Waals surface area contributed by atoms with E-state index in [-0.39, 0.29) is 17.0 Å². The molecule has 0 spiro atoms. The molecule has 3 nitrogen and oxygen atoms in total. The molecule has 112 valence electrons. The van der Waals surface area contributed by atoms with Crippen LogP contribution in [0.3, 0.4) is 0 Å². The maximum absolute atomic E-state index is 12.6. The Labute approximate surface area is 138 Å². The van der Waals surface area contributed by atoms with Gasteiger partial charge >= 0.3 is 0 Å². The summed E-state index contributed by atoms with van der Waals surface area (Å²) < 4.78 is 0. The van der Waals surface area contributed by atoms with Crippen molar-refractivity contribution in [1.29, 1.82) is 0 Å². The van der Waals surface area contributed by atoms with Crippen LogP contribution in [0.1, 0.15) is 22.2 Å². The SMILES string of the molecule is CC(Cc1cccs1)N(C)C(=O)c1cc(N)cc(Cl)c1Cl. The van der Waals surface area contributed by atoms with Gasteiger partial charge in [-0.2, -0.15) is 0 Å². The molecule has 0 bridgehead atoms. The van der Waals surface area contributed by atoms with Crippen molar-refractivity contribution in [3.05, 3.63) is 50.1 Å². The Morgan fingerprint density at radius 3 is 2.76 bits per heavy atom. The van der Waals surface area contributed by atoms with Gasteiger partial charge in [0.15, 0.2) is 0 Å². The van der Waals surface area contributed by atoms with E-state index in [1.807, 2.05) is 18.4 Å². The predicted molar refractivity (Wildman–Crippen MR) is 90.5 cm³/mol. The summed E-state index contributed by atoms with van der Waals surface area (Å²) in [5, 5.41) is 2.56. The van der Waals surface area contributed by atoms with Gasteiger partial charge in [-0.1, -0.05) is 29.3 Å². The van der Waals surface area contributed by atoms with Crippen LogP contribution < -0.4 is 5.73 Å². The largest absolute Gasteiger partial charge is 0.399 e. The number of amides is 1. The molecule has 1 aromatic carbocycles. The molecule has 2 N–H and O–H groups in total. The van der Waals surface area contributed by atoms with Crippen LogP contribution in [0.4, 0.5) is 5.69 Å². The highest BCUT2D eigenvalue weighted by atomic mass is 35.5.